The molecule has 4 rings (SSSR count). The fourth-order valence-corrected chi connectivity index (χ4v) is 4.64. The molecule has 1 fully saturated rings. The van der Waals surface area contributed by atoms with E-state index in [0.717, 1.165) is 24.6 Å². The van der Waals surface area contributed by atoms with Gasteiger partial charge in [0.2, 0.25) is 5.91 Å². The summed E-state index contributed by atoms with van der Waals surface area (Å²) in [6, 6.07) is 16.5. The Morgan fingerprint density at radius 3 is 2.30 bits per heavy atom. The Bertz CT molecular complexity index is 1060. The maximum Gasteiger partial charge on any atom is 0.233 e. The van der Waals surface area contributed by atoms with Gasteiger partial charge in [-0.05, 0) is 57.4 Å². The van der Waals surface area contributed by atoms with Crippen molar-refractivity contribution in [1.82, 2.24) is 24.6 Å². The SMILES string of the molecule is CC(c1nnc(SCC(=O)N2CCN(c3ccccc3)CC2)n1-c1ccc(F)cc1)N(C)C. The van der Waals surface area contributed by atoms with Crippen molar-refractivity contribution in [3.63, 3.8) is 0 Å². The molecule has 0 saturated carbocycles. The zero-order valence-corrected chi connectivity index (χ0v) is 20.0. The number of rotatable bonds is 7. The van der Waals surface area contributed by atoms with Gasteiger partial charge >= 0.3 is 0 Å². The summed E-state index contributed by atoms with van der Waals surface area (Å²) in [5.74, 6) is 0.816. The highest BCUT2D eigenvalue weighted by atomic mass is 32.2. The number of aromatic nitrogens is 3. The van der Waals surface area contributed by atoms with Crippen LogP contribution in [0.15, 0.2) is 59.8 Å². The van der Waals surface area contributed by atoms with Crippen LogP contribution in [0.25, 0.3) is 5.69 Å². The van der Waals surface area contributed by atoms with Crippen LogP contribution in [0.5, 0.6) is 0 Å². The molecule has 0 spiro atoms. The van der Waals surface area contributed by atoms with Gasteiger partial charge in [0.25, 0.3) is 0 Å². The molecule has 1 atom stereocenters. The molecule has 33 heavy (non-hydrogen) atoms. The number of hydrogen-bond donors (Lipinski definition) is 0. The molecule has 1 saturated heterocycles. The van der Waals surface area contributed by atoms with Crippen molar-refractivity contribution in [3.05, 3.63) is 66.2 Å². The number of hydrogen-bond acceptors (Lipinski definition) is 6. The fraction of sp³-hybridized carbons (Fsp3) is 0.375. The monoisotopic (exact) mass is 468 g/mol. The minimum atomic E-state index is -0.298. The molecule has 1 aromatic heterocycles. The molecule has 0 radical (unpaired) electrons. The van der Waals surface area contributed by atoms with E-state index in [-0.39, 0.29) is 23.5 Å². The topological polar surface area (TPSA) is 57.5 Å². The molecule has 0 aliphatic carbocycles. The summed E-state index contributed by atoms with van der Waals surface area (Å²) >= 11 is 1.37. The molecule has 9 heteroatoms. The van der Waals surface area contributed by atoms with Crippen LogP contribution < -0.4 is 4.90 Å². The first-order valence-corrected chi connectivity index (χ1v) is 12.0. The lowest BCUT2D eigenvalue weighted by Gasteiger charge is -2.36. The Morgan fingerprint density at radius 1 is 1.00 bits per heavy atom. The van der Waals surface area contributed by atoms with Crippen LogP contribution in [-0.4, -0.2) is 76.5 Å². The maximum absolute atomic E-state index is 13.5. The molecule has 0 N–H and O–H groups in total. The Kier molecular flexibility index (Phi) is 7.29. The second-order valence-electron chi connectivity index (χ2n) is 8.28. The first-order chi connectivity index (χ1) is 15.9. The van der Waals surface area contributed by atoms with Gasteiger partial charge in [0, 0.05) is 37.6 Å². The number of para-hydroxylation sites is 1. The Labute approximate surface area is 198 Å². The third-order valence-corrected chi connectivity index (χ3v) is 6.88. The zero-order chi connectivity index (χ0) is 23.4. The normalized spacial score (nSPS) is 15.2. The van der Waals surface area contributed by atoms with Gasteiger partial charge in [0.1, 0.15) is 5.82 Å². The van der Waals surface area contributed by atoms with Gasteiger partial charge in [0.05, 0.1) is 11.8 Å². The number of piperazine rings is 1. The van der Waals surface area contributed by atoms with Gasteiger partial charge in [-0.15, -0.1) is 10.2 Å². The van der Waals surface area contributed by atoms with Crippen molar-refractivity contribution in [1.29, 1.82) is 0 Å². The lowest BCUT2D eigenvalue weighted by atomic mass is 10.2. The number of halogens is 1. The van der Waals surface area contributed by atoms with E-state index in [2.05, 4.69) is 27.2 Å². The predicted molar refractivity (Wildman–Crippen MR) is 129 cm³/mol. The summed E-state index contributed by atoms with van der Waals surface area (Å²) in [6.07, 6.45) is 0. The van der Waals surface area contributed by atoms with E-state index in [0.29, 0.717) is 18.2 Å². The van der Waals surface area contributed by atoms with Crippen molar-refractivity contribution in [3.8, 4) is 5.69 Å². The largest absolute Gasteiger partial charge is 0.368 e. The standard InChI is InChI=1S/C24H29FN6OS/c1-18(28(2)3)23-26-27-24(31(23)21-11-9-19(25)10-12-21)33-17-22(32)30-15-13-29(14-16-30)20-7-5-4-6-8-20/h4-12,18H,13-17H2,1-3H3. The second-order valence-corrected chi connectivity index (χ2v) is 9.23. The molecule has 2 aromatic carbocycles. The van der Waals surface area contributed by atoms with E-state index < -0.39 is 0 Å². The maximum atomic E-state index is 13.5. The van der Waals surface area contributed by atoms with Crippen LogP contribution in [0.2, 0.25) is 0 Å². The summed E-state index contributed by atoms with van der Waals surface area (Å²) in [5.41, 5.74) is 1.96. The molecule has 1 unspecified atom stereocenters. The van der Waals surface area contributed by atoms with Crippen molar-refractivity contribution in [2.24, 2.45) is 0 Å². The molecule has 0 bridgehead atoms. The lowest BCUT2D eigenvalue weighted by Crippen LogP contribution is -2.49. The average Bonchev–Trinajstić information content (AvgIpc) is 3.27. The molecule has 2 heterocycles. The number of carbonyl (C=O) groups excluding carboxylic acids is 1. The minimum absolute atomic E-state index is 0.00123. The van der Waals surface area contributed by atoms with Crippen LogP contribution in [0.4, 0.5) is 10.1 Å². The van der Waals surface area contributed by atoms with E-state index in [1.54, 1.807) is 12.1 Å². The summed E-state index contributed by atoms with van der Waals surface area (Å²) in [6.45, 7) is 5.06. The van der Waals surface area contributed by atoms with Gasteiger partial charge in [-0.3, -0.25) is 14.3 Å². The highest BCUT2D eigenvalue weighted by Gasteiger charge is 2.24. The highest BCUT2D eigenvalue weighted by Crippen LogP contribution is 2.27. The first-order valence-electron chi connectivity index (χ1n) is 11.0. The summed E-state index contributed by atoms with van der Waals surface area (Å²) in [5, 5.41) is 9.39. The number of thioether (sulfide) groups is 1. The summed E-state index contributed by atoms with van der Waals surface area (Å²) in [7, 11) is 3.94. The Balaban J connectivity index is 1.44. The highest BCUT2D eigenvalue weighted by molar-refractivity contribution is 7.99. The van der Waals surface area contributed by atoms with Gasteiger partial charge in [-0.1, -0.05) is 30.0 Å². The fourth-order valence-electron chi connectivity index (χ4n) is 3.78. The number of amides is 1. The smallest absolute Gasteiger partial charge is 0.233 e. The van der Waals surface area contributed by atoms with Crippen LogP contribution in [-0.2, 0) is 4.79 Å². The third kappa shape index (κ3) is 5.36. The van der Waals surface area contributed by atoms with E-state index in [9.17, 15) is 9.18 Å². The predicted octanol–water partition coefficient (Wildman–Crippen LogP) is 3.47. The third-order valence-electron chi connectivity index (χ3n) is 5.97. The van der Waals surface area contributed by atoms with E-state index in [4.69, 9.17) is 0 Å². The van der Waals surface area contributed by atoms with Crippen molar-refractivity contribution < 1.29 is 9.18 Å². The van der Waals surface area contributed by atoms with Gasteiger partial charge in [0.15, 0.2) is 11.0 Å². The van der Waals surface area contributed by atoms with E-state index in [1.165, 1.54) is 29.6 Å². The quantitative estimate of drug-likeness (QED) is 0.495. The number of anilines is 1. The number of carbonyl (C=O) groups is 1. The number of benzene rings is 2. The van der Waals surface area contributed by atoms with Gasteiger partial charge in [-0.2, -0.15) is 0 Å². The summed E-state index contributed by atoms with van der Waals surface area (Å²) < 4.78 is 15.4. The zero-order valence-electron chi connectivity index (χ0n) is 19.2. The molecule has 3 aromatic rings. The minimum Gasteiger partial charge on any atom is -0.368 e. The lowest BCUT2D eigenvalue weighted by molar-refractivity contribution is -0.128. The van der Waals surface area contributed by atoms with Crippen LogP contribution in [0.1, 0.15) is 18.8 Å². The number of nitrogens with zero attached hydrogens (tertiary/aromatic N) is 6. The van der Waals surface area contributed by atoms with E-state index >= 15 is 0 Å². The van der Waals surface area contributed by atoms with Crippen LogP contribution >= 0.6 is 11.8 Å². The van der Waals surface area contributed by atoms with Crippen molar-refractivity contribution in [2.45, 2.75) is 18.1 Å². The van der Waals surface area contributed by atoms with Crippen molar-refractivity contribution >= 4 is 23.4 Å². The van der Waals surface area contributed by atoms with Crippen LogP contribution in [0.3, 0.4) is 0 Å². The Morgan fingerprint density at radius 2 is 1.67 bits per heavy atom. The molecular weight excluding hydrogens is 439 g/mol. The second kappa shape index (κ2) is 10.4. The molecule has 1 amide bonds. The van der Waals surface area contributed by atoms with Gasteiger partial charge < -0.3 is 9.80 Å². The van der Waals surface area contributed by atoms with Gasteiger partial charge in [-0.25, -0.2) is 4.39 Å². The molecule has 174 valence electrons. The van der Waals surface area contributed by atoms with Crippen molar-refractivity contribution in [2.75, 3.05) is 50.9 Å². The molecule has 1 aliphatic rings. The molecule has 7 nitrogen and oxygen atoms in total. The molecule has 1 aliphatic heterocycles. The van der Waals surface area contributed by atoms with Crippen LogP contribution in [0, 0.1) is 5.82 Å². The Hall–Kier alpha value is -2.91. The summed E-state index contributed by atoms with van der Waals surface area (Å²) in [4.78, 5) is 19.2. The first kappa shape index (κ1) is 23.3. The molecular formula is C24H29FN6OS. The average molecular weight is 469 g/mol. The van der Waals surface area contributed by atoms with E-state index in [1.807, 2.05) is 53.6 Å².